The molecule has 1 N–H and O–H groups in total. The number of rotatable bonds is 8. The number of thiophene rings is 1. The minimum Gasteiger partial charge on any atom is -0.503 e. The number of methoxy groups -OCH3 is 2. The van der Waals surface area contributed by atoms with Crippen molar-refractivity contribution >= 4 is 23.0 Å². The zero-order valence-electron chi connectivity index (χ0n) is 19.0. The lowest BCUT2D eigenvalue weighted by molar-refractivity contribution is -0.129. The average molecular weight is 487 g/mol. The number of hydrogen-bond donors (Lipinski definition) is 1. The van der Waals surface area contributed by atoms with Crippen LogP contribution in [0.2, 0.25) is 0 Å². The number of hydrogen-bond acceptors (Lipinski definition) is 9. The van der Waals surface area contributed by atoms with Crippen LogP contribution in [0.1, 0.15) is 34.1 Å². The predicted octanol–water partition coefficient (Wildman–Crippen LogP) is 3.17. The van der Waals surface area contributed by atoms with Gasteiger partial charge in [0.25, 0.3) is 5.91 Å². The summed E-state index contributed by atoms with van der Waals surface area (Å²) in [5.74, 6) is -0.0407. The van der Waals surface area contributed by atoms with E-state index >= 15 is 0 Å². The van der Waals surface area contributed by atoms with Crippen LogP contribution in [-0.2, 0) is 4.79 Å². The molecule has 0 unspecified atom stereocenters. The van der Waals surface area contributed by atoms with Crippen LogP contribution in [0.25, 0.3) is 0 Å². The van der Waals surface area contributed by atoms with Gasteiger partial charge < -0.3 is 33.9 Å². The van der Waals surface area contributed by atoms with Gasteiger partial charge in [0.1, 0.15) is 0 Å². The van der Waals surface area contributed by atoms with E-state index < -0.39 is 23.5 Å². The Morgan fingerprint density at radius 2 is 1.94 bits per heavy atom. The fraction of sp³-hybridized carbons (Fsp3) is 0.417. The number of fused-ring (bicyclic) bond motifs is 1. The molecular weight excluding hydrogens is 460 g/mol. The number of Topliss-reactive ketones (excluding diaryl/α,β-unsaturated/α-hetero) is 1. The molecule has 9 nitrogen and oxygen atoms in total. The van der Waals surface area contributed by atoms with E-state index in [-0.39, 0.29) is 12.4 Å². The zero-order chi connectivity index (χ0) is 23.8. The van der Waals surface area contributed by atoms with Crippen molar-refractivity contribution in [3.05, 3.63) is 45.4 Å². The highest BCUT2D eigenvalue weighted by Gasteiger charge is 2.46. The highest BCUT2D eigenvalue weighted by Crippen LogP contribution is 2.54. The van der Waals surface area contributed by atoms with Crippen LogP contribution in [0, 0.1) is 0 Å². The molecule has 180 valence electrons. The fourth-order valence-electron chi connectivity index (χ4n) is 4.83. The van der Waals surface area contributed by atoms with Crippen molar-refractivity contribution in [2.45, 2.75) is 18.9 Å². The Balaban J connectivity index is 1.63. The van der Waals surface area contributed by atoms with E-state index in [0.717, 1.165) is 25.9 Å². The number of benzene rings is 1. The number of aliphatic hydroxyl groups excluding tert-OH is 1. The second-order valence-corrected chi connectivity index (χ2v) is 9.23. The maximum absolute atomic E-state index is 13.5. The lowest BCUT2D eigenvalue weighted by Gasteiger charge is -2.30. The summed E-state index contributed by atoms with van der Waals surface area (Å²) >= 11 is 1.26. The zero-order valence-corrected chi connectivity index (χ0v) is 19.9. The Kier molecular flexibility index (Phi) is 6.09. The smallest absolute Gasteiger partial charge is 0.290 e. The molecule has 1 fully saturated rings. The number of carbonyl (C=O) groups is 2. The summed E-state index contributed by atoms with van der Waals surface area (Å²) < 4.78 is 22.4. The molecule has 10 heteroatoms. The van der Waals surface area contributed by atoms with Gasteiger partial charge in [0, 0.05) is 18.7 Å². The van der Waals surface area contributed by atoms with Crippen molar-refractivity contribution in [1.82, 2.24) is 9.80 Å². The van der Waals surface area contributed by atoms with Crippen LogP contribution in [-0.4, -0.2) is 73.8 Å². The van der Waals surface area contributed by atoms with E-state index in [9.17, 15) is 14.7 Å². The first-order chi connectivity index (χ1) is 16.5. The van der Waals surface area contributed by atoms with Gasteiger partial charge in [-0.15, -0.1) is 11.3 Å². The molecule has 4 heterocycles. The van der Waals surface area contributed by atoms with Crippen LogP contribution >= 0.6 is 11.3 Å². The van der Waals surface area contributed by atoms with Crippen LogP contribution in [0.4, 0.5) is 0 Å². The van der Waals surface area contributed by atoms with Gasteiger partial charge in [-0.1, -0.05) is 6.07 Å². The molecule has 1 amide bonds. The molecule has 0 radical (unpaired) electrons. The van der Waals surface area contributed by atoms with Crippen molar-refractivity contribution in [3.8, 4) is 23.0 Å². The van der Waals surface area contributed by atoms with Crippen LogP contribution < -0.4 is 18.9 Å². The SMILES string of the molecule is COc1cc([C@H]2C(C(=O)c3cccs3)=C(O)C(=O)N2CCN2CCCC2)c(OC)c2c1OCO2. The van der Waals surface area contributed by atoms with Gasteiger partial charge in [0.05, 0.1) is 30.7 Å². The molecule has 0 saturated carbocycles. The van der Waals surface area contributed by atoms with Crippen molar-refractivity contribution in [2.75, 3.05) is 47.2 Å². The topological polar surface area (TPSA) is 97.8 Å². The van der Waals surface area contributed by atoms with Gasteiger partial charge in [-0.25, -0.2) is 0 Å². The normalized spacial score (nSPS) is 19.9. The lowest BCUT2D eigenvalue weighted by atomic mass is 9.93. The molecule has 0 spiro atoms. The minimum atomic E-state index is -0.872. The van der Waals surface area contributed by atoms with Gasteiger partial charge >= 0.3 is 0 Å². The van der Waals surface area contributed by atoms with E-state index in [2.05, 4.69) is 4.90 Å². The summed E-state index contributed by atoms with van der Waals surface area (Å²) in [4.78, 5) is 31.1. The quantitative estimate of drug-likeness (QED) is 0.569. The Bertz CT molecular complexity index is 1140. The molecule has 3 aliphatic heterocycles. The van der Waals surface area contributed by atoms with Gasteiger partial charge in [-0.05, 0) is 43.4 Å². The molecule has 34 heavy (non-hydrogen) atoms. The molecule has 1 saturated heterocycles. The second-order valence-electron chi connectivity index (χ2n) is 8.28. The highest BCUT2D eigenvalue weighted by molar-refractivity contribution is 7.12. The number of ether oxygens (including phenoxy) is 4. The van der Waals surface area contributed by atoms with E-state index in [0.29, 0.717) is 46.5 Å². The summed E-state index contributed by atoms with van der Waals surface area (Å²) in [5, 5.41) is 12.7. The lowest BCUT2D eigenvalue weighted by Crippen LogP contribution is -2.38. The Morgan fingerprint density at radius 3 is 2.62 bits per heavy atom. The molecular formula is C24H26N2O7S. The molecule has 2 aromatic rings. The van der Waals surface area contributed by atoms with Crippen LogP contribution in [0.5, 0.6) is 23.0 Å². The van der Waals surface area contributed by atoms with Crippen molar-refractivity contribution in [3.63, 3.8) is 0 Å². The van der Waals surface area contributed by atoms with Crippen molar-refractivity contribution in [1.29, 1.82) is 0 Å². The molecule has 5 rings (SSSR count). The third-order valence-corrected chi connectivity index (χ3v) is 7.33. The van der Waals surface area contributed by atoms with Gasteiger partial charge in [0.2, 0.25) is 24.1 Å². The predicted molar refractivity (Wildman–Crippen MR) is 124 cm³/mol. The van der Waals surface area contributed by atoms with Crippen LogP contribution in [0.3, 0.4) is 0 Å². The maximum Gasteiger partial charge on any atom is 0.290 e. The average Bonchev–Trinajstić information content (AvgIpc) is 3.65. The molecule has 1 aromatic heterocycles. The van der Waals surface area contributed by atoms with E-state index in [1.165, 1.54) is 30.5 Å². The molecule has 1 aromatic carbocycles. The van der Waals surface area contributed by atoms with Crippen molar-refractivity contribution < 1.29 is 33.6 Å². The first-order valence-electron chi connectivity index (χ1n) is 11.1. The number of nitrogens with zero attached hydrogens (tertiary/aromatic N) is 2. The minimum absolute atomic E-state index is 0.00412. The molecule has 1 atom stereocenters. The number of carbonyl (C=O) groups excluding carboxylic acids is 2. The van der Waals surface area contributed by atoms with Crippen molar-refractivity contribution in [2.24, 2.45) is 0 Å². The third kappa shape index (κ3) is 3.67. The number of likely N-dealkylation sites (tertiary alicyclic amines) is 1. The first kappa shape index (κ1) is 22.5. The molecule has 0 bridgehead atoms. The summed E-state index contributed by atoms with van der Waals surface area (Å²) in [7, 11) is 2.99. The van der Waals surface area contributed by atoms with Gasteiger partial charge in [-0.3, -0.25) is 9.59 Å². The first-order valence-corrected chi connectivity index (χ1v) is 12.0. The number of aliphatic hydroxyl groups is 1. The summed E-state index contributed by atoms with van der Waals surface area (Å²) in [5.41, 5.74) is 0.510. The second kappa shape index (κ2) is 9.19. The Hall–Kier alpha value is -3.24. The van der Waals surface area contributed by atoms with E-state index in [4.69, 9.17) is 18.9 Å². The van der Waals surface area contributed by atoms with Gasteiger partial charge in [0.15, 0.2) is 17.3 Å². The number of ketones is 1. The van der Waals surface area contributed by atoms with Crippen LogP contribution in [0.15, 0.2) is 34.9 Å². The van der Waals surface area contributed by atoms with E-state index in [1.807, 2.05) is 0 Å². The summed E-state index contributed by atoms with van der Waals surface area (Å²) in [6.07, 6.45) is 2.24. The summed E-state index contributed by atoms with van der Waals surface area (Å²) in [6.45, 7) is 2.91. The number of amides is 1. The largest absolute Gasteiger partial charge is 0.503 e. The summed E-state index contributed by atoms with van der Waals surface area (Å²) in [6, 6.07) is 4.26. The standard InChI is InChI=1S/C24H26N2O7S/c1-30-15-12-14(21(31-2)23-22(15)32-13-33-23)18-17(19(27)16-6-5-11-34-16)20(28)24(29)26(18)10-9-25-7-3-4-8-25/h5-6,11-12,18,28H,3-4,7-10,13H2,1-2H3/t18-/m0/s1. The Labute approximate surface area is 201 Å². The maximum atomic E-state index is 13.5. The third-order valence-electron chi connectivity index (χ3n) is 6.46. The fourth-order valence-corrected chi connectivity index (χ4v) is 5.51. The molecule has 3 aliphatic rings. The van der Waals surface area contributed by atoms with E-state index in [1.54, 1.807) is 23.6 Å². The highest BCUT2D eigenvalue weighted by atomic mass is 32.1. The monoisotopic (exact) mass is 486 g/mol. The molecule has 0 aliphatic carbocycles. The van der Waals surface area contributed by atoms with Gasteiger partial charge in [-0.2, -0.15) is 0 Å². The Morgan fingerprint density at radius 1 is 1.18 bits per heavy atom.